The number of nitrogens with zero attached hydrogens (tertiary/aromatic N) is 1. The van der Waals surface area contributed by atoms with Gasteiger partial charge in [0.05, 0.1) is 18.8 Å². The van der Waals surface area contributed by atoms with Crippen molar-refractivity contribution >= 4 is 41.4 Å². The van der Waals surface area contributed by atoms with Crippen molar-refractivity contribution in [2.45, 2.75) is 49.9 Å². The molecule has 4 atom stereocenters. The Morgan fingerprint density at radius 1 is 0.947 bits per heavy atom. The number of amides is 3. The van der Waals surface area contributed by atoms with Crippen LogP contribution in [-0.4, -0.2) is 86.0 Å². The molecule has 2 aromatic rings. The summed E-state index contributed by atoms with van der Waals surface area (Å²) < 4.78 is 0. The van der Waals surface area contributed by atoms with E-state index in [1.54, 1.807) is 30.3 Å². The third kappa shape index (κ3) is 10.2. The molecule has 0 spiro atoms. The lowest BCUT2D eigenvalue weighted by atomic mass is 10.0. The molecule has 38 heavy (non-hydrogen) atoms. The van der Waals surface area contributed by atoms with Crippen molar-refractivity contribution in [1.29, 1.82) is 0 Å². The Balaban J connectivity index is 2.25. The van der Waals surface area contributed by atoms with Gasteiger partial charge in [-0.3, -0.25) is 19.2 Å². The van der Waals surface area contributed by atoms with Crippen LogP contribution in [0.2, 0.25) is 0 Å². The second kappa shape index (κ2) is 15.4. The third-order valence-electron chi connectivity index (χ3n) is 5.49. The molecule has 1 heterocycles. The molecule has 0 saturated carbocycles. The number of benzene rings is 1. The predicted octanol–water partition coefficient (Wildman–Crippen LogP) is -0.711. The van der Waals surface area contributed by atoms with Gasteiger partial charge in [0.15, 0.2) is 0 Å². The van der Waals surface area contributed by atoms with Gasteiger partial charge >= 0.3 is 11.9 Å². The molecule has 0 bridgehead atoms. The highest BCUT2D eigenvalue weighted by Gasteiger charge is 2.31. The van der Waals surface area contributed by atoms with Crippen LogP contribution in [0.5, 0.6) is 0 Å². The van der Waals surface area contributed by atoms with Crippen LogP contribution in [0, 0.1) is 0 Å². The zero-order valence-electron chi connectivity index (χ0n) is 20.8. The first-order valence-electron chi connectivity index (χ1n) is 11.7. The number of aromatic amines is 1. The lowest BCUT2D eigenvalue weighted by Crippen LogP contribution is -2.58. The highest BCUT2D eigenvalue weighted by Crippen LogP contribution is 2.07. The number of imidazole rings is 1. The minimum absolute atomic E-state index is 0.100. The van der Waals surface area contributed by atoms with E-state index in [2.05, 4.69) is 25.9 Å². The molecule has 0 radical (unpaired) electrons. The van der Waals surface area contributed by atoms with Crippen LogP contribution in [-0.2, 0) is 36.8 Å². The molecular formula is C24H32N6O7S. The molecule has 0 aliphatic rings. The monoisotopic (exact) mass is 548 g/mol. The molecule has 14 heteroatoms. The molecule has 1 aromatic heterocycles. The van der Waals surface area contributed by atoms with Crippen molar-refractivity contribution in [2.75, 3.05) is 12.0 Å². The van der Waals surface area contributed by atoms with Gasteiger partial charge in [-0.15, -0.1) is 0 Å². The molecule has 0 aliphatic carbocycles. The lowest BCUT2D eigenvalue weighted by molar-refractivity contribution is -0.147. The average molecular weight is 549 g/mol. The van der Waals surface area contributed by atoms with Crippen molar-refractivity contribution in [3.8, 4) is 0 Å². The Bertz CT molecular complexity index is 1080. The number of rotatable bonds is 16. The number of thioether (sulfide) groups is 1. The zero-order chi connectivity index (χ0) is 28.1. The summed E-state index contributed by atoms with van der Waals surface area (Å²) in [4.78, 5) is 68.3. The van der Waals surface area contributed by atoms with Crippen LogP contribution in [0.25, 0.3) is 0 Å². The smallest absolute Gasteiger partial charge is 0.326 e. The van der Waals surface area contributed by atoms with Gasteiger partial charge in [-0.2, -0.15) is 11.8 Å². The number of H-pyrrole nitrogens is 1. The van der Waals surface area contributed by atoms with E-state index in [0.717, 1.165) is 5.56 Å². The van der Waals surface area contributed by atoms with E-state index in [1.165, 1.54) is 24.3 Å². The number of aliphatic carboxylic acids is 2. The highest BCUT2D eigenvalue weighted by molar-refractivity contribution is 7.98. The molecule has 0 fully saturated rings. The van der Waals surface area contributed by atoms with Gasteiger partial charge in [0, 0.05) is 24.7 Å². The van der Waals surface area contributed by atoms with Gasteiger partial charge < -0.3 is 36.9 Å². The number of carbonyl (C=O) groups is 5. The topological polar surface area (TPSA) is 217 Å². The van der Waals surface area contributed by atoms with Gasteiger partial charge in [0.25, 0.3) is 0 Å². The predicted molar refractivity (Wildman–Crippen MR) is 139 cm³/mol. The van der Waals surface area contributed by atoms with Crippen molar-refractivity contribution in [3.63, 3.8) is 0 Å². The van der Waals surface area contributed by atoms with E-state index in [0.29, 0.717) is 17.9 Å². The molecule has 0 aliphatic heterocycles. The largest absolute Gasteiger partial charge is 0.481 e. The normalized spacial score (nSPS) is 13.9. The quantitative estimate of drug-likeness (QED) is 0.140. The van der Waals surface area contributed by atoms with Gasteiger partial charge in [0.1, 0.15) is 18.1 Å². The van der Waals surface area contributed by atoms with Crippen molar-refractivity contribution in [1.82, 2.24) is 25.9 Å². The fourth-order valence-electron chi connectivity index (χ4n) is 3.46. The minimum atomic E-state index is -1.71. The molecular weight excluding hydrogens is 516 g/mol. The van der Waals surface area contributed by atoms with Crippen LogP contribution >= 0.6 is 11.8 Å². The Morgan fingerprint density at radius 3 is 2.11 bits per heavy atom. The molecule has 1 aromatic carbocycles. The van der Waals surface area contributed by atoms with E-state index in [4.69, 9.17) is 10.8 Å². The minimum Gasteiger partial charge on any atom is -0.481 e. The van der Waals surface area contributed by atoms with Gasteiger partial charge in [0.2, 0.25) is 17.7 Å². The van der Waals surface area contributed by atoms with E-state index >= 15 is 0 Å². The molecule has 13 nitrogen and oxygen atoms in total. The highest BCUT2D eigenvalue weighted by atomic mass is 32.2. The van der Waals surface area contributed by atoms with Gasteiger partial charge in [-0.05, 0) is 24.0 Å². The van der Waals surface area contributed by atoms with E-state index < -0.39 is 60.2 Å². The first-order valence-corrected chi connectivity index (χ1v) is 13.1. The zero-order valence-corrected chi connectivity index (χ0v) is 21.6. The Kier molecular flexibility index (Phi) is 12.3. The number of carboxylic acids is 2. The maximum absolute atomic E-state index is 13.4. The van der Waals surface area contributed by atoms with E-state index in [-0.39, 0.29) is 12.8 Å². The number of hydrogen-bond donors (Lipinski definition) is 7. The number of hydrogen-bond acceptors (Lipinski definition) is 8. The van der Waals surface area contributed by atoms with E-state index in [1.807, 2.05) is 6.26 Å². The average Bonchev–Trinajstić information content (AvgIpc) is 3.39. The summed E-state index contributed by atoms with van der Waals surface area (Å²) in [5.74, 6) is -4.46. The standard InChI is InChI=1S/C24H32N6O7S/c1-38-8-7-16(25)21(33)28-17(9-14-5-3-2-4-6-14)22(34)29-18(10-15-12-26-13-27-15)23(35)30-19(24(36)37)11-20(31)32/h2-6,12-13,16-19H,7-11,25H2,1H3,(H,26,27)(H,28,33)(H,29,34)(H,30,35)(H,31,32)(H,36,37). The first kappa shape index (κ1) is 30.3. The number of aromatic nitrogens is 2. The maximum Gasteiger partial charge on any atom is 0.326 e. The molecule has 3 amide bonds. The van der Waals surface area contributed by atoms with Crippen molar-refractivity contribution in [2.24, 2.45) is 5.73 Å². The Labute approximate surface area is 223 Å². The molecule has 206 valence electrons. The summed E-state index contributed by atoms with van der Waals surface area (Å²) >= 11 is 1.53. The number of carbonyl (C=O) groups excluding carboxylic acids is 3. The van der Waals surface area contributed by atoms with Crippen molar-refractivity contribution < 1.29 is 34.2 Å². The Morgan fingerprint density at radius 2 is 1.55 bits per heavy atom. The second-order valence-electron chi connectivity index (χ2n) is 8.48. The summed E-state index contributed by atoms with van der Waals surface area (Å²) in [7, 11) is 0. The lowest BCUT2D eigenvalue weighted by Gasteiger charge is -2.25. The number of nitrogens with two attached hydrogens (primary N) is 1. The van der Waals surface area contributed by atoms with Gasteiger partial charge in [-0.1, -0.05) is 30.3 Å². The number of nitrogens with one attached hydrogen (secondary N) is 4. The van der Waals surface area contributed by atoms with Crippen molar-refractivity contribution in [3.05, 3.63) is 54.1 Å². The SMILES string of the molecule is CSCCC(N)C(=O)NC(Cc1ccccc1)C(=O)NC(Cc1cnc[nH]1)C(=O)NC(CC(=O)O)C(=O)O. The van der Waals surface area contributed by atoms with E-state index in [9.17, 15) is 29.1 Å². The summed E-state index contributed by atoms with van der Waals surface area (Å²) in [5, 5.41) is 25.7. The Hall–Kier alpha value is -3.91. The summed E-state index contributed by atoms with van der Waals surface area (Å²) in [5.41, 5.74) is 7.17. The fraction of sp³-hybridized carbons (Fsp3) is 0.417. The number of carboxylic acid groups (broad SMARTS) is 2. The summed E-state index contributed by atoms with van der Waals surface area (Å²) in [6, 6.07) is 3.95. The van der Waals surface area contributed by atoms with Crippen LogP contribution in [0.1, 0.15) is 24.1 Å². The van der Waals surface area contributed by atoms with Crippen LogP contribution in [0.15, 0.2) is 42.9 Å². The third-order valence-corrected chi connectivity index (χ3v) is 6.13. The van der Waals surface area contributed by atoms with Crippen LogP contribution in [0.3, 0.4) is 0 Å². The summed E-state index contributed by atoms with van der Waals surface area (Å²) in [6.45, 7) is 0. The van der Waals surface area contributed by atoms with Gasteiger partial charge in [-0.25, -0.2) is 9.78 Å². The van der Waals surface area contributed by atoms with Crippen LogP contribution in [0.4, 0.5) is 0 Å². The molecule has 8 N–H and O–H groups in total. The second-order valence-corrected chi connectivity index (χ2v) is 9.46. The fourth-order valence-corrected chi connectivity index (χ4v) is 3.95. The molecule has 0 saturated heterocycles. The first-order chi connectivity index (χ1) is 18.1. The molecule has 2 rings (SSSR count). The molecule has 4 unspecified atom stereocenters. The summed E-state index contributed by atoms with van der Waals surface area (Å²) in [6.07, 6.45) is 4.22. The van der Waals surface area contributed by atoms with Crippen LogP contribution < -0.4 is 21.7 Å². The maximum atomic E-state index is 13.4.